The lowest BCUT2D eigenvalue weighted by atomic mass is 10.2. The molecule has 0 amide bonds. The summed E-state index contributed by atoms with van der Waals surface area (Å²) < 4.78 is 0. The van der Waals surface area contributed by atoms with E-state index in [4.69, 9.17) is 5.10 Å². The predicted octanol–water partition coefficient (Wildman–Crippen LogP) is 2.76. The van der Waals surface area contributed by atoms with Gasteiger partial charge in [0, 0.05) is 43.4 Å². The maximum absolute atomic E-state index is 4.72. The zero-order chi connectivity index (χ0) is 17.3. The molecule has 5 rings (SSSR count). The van der Waals surface area contributed by atoms with Gasteiger partial charge in [-0.2, -0.15) is 15.0 Å². The number of hydrogen-bond donors (Lipinski definition) is 0. The second-order valence-electron chi connectivity index (χ2n) is 6.66. The van der Waals surface area contributed by atoms with E-state index in [0.29, 0.717) is 0 Å². The van der Waals surface area contributed by atoms with Gasteiger partial charge in [-0.05, 0) is 36.4 Å². The first-order valence-electron chi connectivity index (χ1n) is 8.98. The first kappa shape index (κ1) is 15.3. The third kappa shape index (κ3) is 2.78. The van der Waals surface area contributed by atoms with Crippen LogP contribution >= 0.6 is 0 Å². The van der Waals surface area contributed by atoms with Crippen molar-refractivity contribution < 1.29 is 0 Å². The van der Waals surface area contributed by atoms with Gasteiger partial charge < -0.3 is 4.90 Å². The summed E-state index contributed by atoms with van der Waals surface area (Å²) in [6.07, 6.45) is 1.81. The highest BCUT2D eigenvalue weighted by Crippen LogP contribution is 2.21. The van der Waals surface area contributed by atoms with Gasteiger partial charge in [0.25, 0.3) is 0 Å². The quantitative estimate of drug-likeness (QED) is 0.572. The summed E-state index contributed by atoms with van der Waals surface area (Å²) in [5.74, 6) is 0. The van der Waals surface area contributed by atoms with E-state index in [1.54, 1.807) is 0 Å². The monoisotopic (exact) mass is 344 g/mol. The first-order valence-corrected chi connectivity index (χ1v) is 8.98. The van der Waals surface area contributed by atoms with E-state index in [-0.39, 0.29) is 0 Å². The molecule has 0 spiro atoms. The van der Waals surface area contributed by atoms with E-state index in [2.05, 4.69) is 56.3 Å². The molecular weight excluding hydrogens is 324 g/mol. The molecule has 0 N–H and O–H groups in total. The highest BCUT2D eigenvalue weighted by atomic mass is 15.5. The summed E-state index contributed by atoms with van der Waals surface area (Å²) >= 11 is 0. The molecule has 130 valence electrons. The molecule has 26 heavy (non-hydrogen) atoms. The molecule has 0 saturated carbocycles. The second-order valence-corrected chi connectivity index (χ2v) is 6.66. The lowest BCUT2D eigenvalue weighted by Gasteiger charge is -2.35. The van der Waals surface area contributed by atoms with Crippen LogP contribution in [0.3, 0.4) is 0 Å². The van der Waals surface area contributed by atoms with Crippen LogP contribution in [0.2, 0.25) is 0 Å². The number of benzene rings is 2. The third-order valence-electron chi connectivity index (χ3n) is 4.99. The van der Waals surface area contributed by atoms with Gasteiger partial charge >= 0.3 is 0 Å². The molecule has 3 heterocycles. The number of aromatic nitrogens is 4. The summed E-state index contributed by atoms with van der Waals surface area (Å²) in [4.78, 5) is 11.0. The molecule has 6 heteroatoms. The molecule has 0 atom stereocenters. The van der Waals surface area contributed by atoms with Gasteiger partial charge in [-0.3, -0.25) is 9.88 Å². The van der Waals surface area contributed by atoms with Crippen LogP contribution in [0.15, 0.2) is 60.8 Å². The molecular formula is C20H20N6. The van der Waals surface area contributed by atoms with Crippen molar-refractivity contribution in [1.82, 2.24) is 24.9 Å². The fourth-order valence-corrected chi connectivity index (χ4v) is 3.60. The number of fused-ring (bicyclic) bond motifs is 3. The van der Waals surface area contributed by atoms with Crippen LogP contribution in [-0.2, 0) is 6.67 Å². The lowest BCUT2D eigenvalue weighted by Crippen LogP contribution is -2.47. The molecule has 0 unspecified atom stereocenters. The van der Waals surface area contributed by atoms with Gasteiger partial charge in [0.05, 0.1) is 5.52 Å². The Morgan fingerprint density at radius 1 is 0.769 bits per heavy atom. The Hall–Kier alpha value is -2.99. The van der Waals surface area contributed by atoms with Crippen LogP contribution in [-0.4, -0.2) is 51.1 Å². The van der Waals surface area contributed by atoms with E-state index in [9.17, 15) is 0 Å². The number of hydrogen-bond acceptors (Lipinski definition) is 5. The van der Waals surface area contributed by atoms with Crippen molar-refractivity contribution in [2.45, 2.75) is 6.67 Å². The van der Waals surface area contributed by atoms with Crippen molar-refractivity contribution in [1.29, 1.82) is 0 Å². The normalized spacial score (nSPS) is 15.8. The Kier molecular flexibility index (Phi) is 3.75. The molecule has 0 aliphatic carbocycles. The topological polar surface area (TPSA) is 50.1 Å². The number of anilines is 1. The molecule has 0 bridgehead atoms. The number of para-hydroxylation sites is 1. The molecule has 2 aromatic heterocycles. The summed E-state index contributed by atoms with van der Waals surface area (Å²) in [6.45, 7) is 4.79. The van der Waals surface area contributed by atoms with Crippen molar-refractivity contribution in [3.05, 3.63) is 60.8 Å². The summed E-state index contributed by atoms with van der Waals surface area (Å²) in [6, 6.07) is 18.6. The molecule has 1 aliphatic heterocycles. The van der Waals surface area contributed by atoms with Crippen LogP contribution in [0.1, 0.15) is 0 Å². The minimum absolute atomic E-state index is 0.721. The van der Waals surface area contributed by atoms with Crippen molar-refractivity contribution in [2.75, 3.05) is 31.1 Å². The van der Waals surface area contributed by atoms with Crippen LogP contribution in [0.4, 0.5) is 5.69 Å². The molecule has 6 nitrogen and oxygen atoms in total. The maximum atomic E-state index is 4.72. The van der Waals surface area contributed by atoms with Gasteiger partial charge in [-0.1, -0.05) is 18.2 Å². The summed E-state index contributed by atoms with van der Waals surface area (Å²) in [5.41, 5.74) is 4.12. The zero-order valence-corrected chi connectivity index (χ0v) is 14.5. The van der Waals surface area contributed by atoms with Crippen molar-refractivity contribution in [2.24, 2.45) is 0 Å². The highest BCUT2D eigenvalue weighted by molar-refractivity contribution is 6.01. The molecule has 4 aromatic rings. The van der Waals surface area contributed by atoms with Gasteiger partial charge in [-0.15, -0.1) is 0 Å². The van der Waals surface area contributed by atoms with E-state index < -0.39 is 0 Å². The Morgan fingerprint density at radius 3 is 2.42 bits per heavy atom. The molecule has 1 saturated heterocycles. The number of rotatable bonds is 3. The minimum atomic E-state index is 0.721. The van der Waals surface area contributed by atoms with Crippen molar-refractivity contribution >= 4 is 27.6 Å². The van der Waals surface area contributed by atoms with E-state index in [0.717, 1.165) is 54.8 Å². The Labute approximate surface area is 151 Å². The van der Waals surface area contributed by atoms with E-state index in [1.165, 1.54) is 5.69 Å². The third-order valence-corrected chi connectivity index (χ3v) is 4.99. The fourth-order valence-electron chi connectivity index (χ4n) is 3.60. The Morgan fingerprint density at radius 2 is 1.58 bits per heavy atom. The molecule has 1 fully saturated rings. The molecule has 1 aliphatic rings. The van der Waals surface area contributed by atoms with Crippen LogP contribution in [0, 0.1) is 0 Å². The average Bonchev–Trinajstić information content (AvgIpc) is 3.12. The van der Waals surface area contributed by atoms with Gasteiger partial charge in [0.2, 0.25) is 0 Å². The predicted molar refractivity (Wildman–Crippen MR) is 103 cm³/mol. The van der Waals surface area contributed by atoms with Crippen LogP contribution < -0.4 is 4.90 Å². The SMILES string of the molecule is c1ccc(N2CCN(Cn3nc4ccc5ncccc5c4n3)CC2)cc1. The standard InChI is InChI=1S/C20H20N6/c1-2-5-16(6-3-1)25-13-11-24(12-14-25)15-26-22-19-9-8-18-17(20(19)23-26)7-4-10-21-18/h1-10H,11-15H2. The minimum Gasteiger partial charge on any atom is -0.369 e. The number of pyridine rings is 1. The van der Waals surface area contributed by atoms with Gasteiger partial charge in [0.1, 0.15) is 17.7 Å². The maximum Gasteiger partial charge on any atom is 0.122 e. The molecule has 2 aromatic carbocycles. The van der Waals surface area contributed by atoms with Gasteiger partial charge in [-0.25, -0.2) is 0 Å². The van der Waals surface area contributed by atoms with E-state index >= 15 is 0 Å². The van der Waals surface area contributed by atoms with Crippen molar-refractivity contribution in [3.8, 4) is 0 Å². The lowest BCUT2D eigenvalue weighted by molar-refractivity contribution is 0.185. The highest BCUT2D eigenvalue weighted by Gasteiger charge is 2.18. The summed E-state index contributed by atoms with van der Waals surface area (Å²) in [7, 11) is 0. The first-order chi connectivity index (χ1) is 12.9. The van der Waals surface area contributed by atoms with Gasteiger partial charge in [0.15, 0.2) is 0 Å². The van der Waals surface area contributed by atoms with E-state index in [1.807, 2.05) is 29.2 Å². The number of piperazine rings is 1. The average molecular weight is 344 g/mol. The van der Waals surface area contributed by atoms with Crippen LogP contribution in [0.25, 0.3) is 21.9 Å². The smallest absolute Gasteiger partial charge is 0.122 e. The number of nitrogens with zero attached hydrogens (tertiary/aromatic N) is 6. The second kappa shape index (κ2) is 6.38. The fraction of sp³-hybridized carbons (Fsp3) is 0.250. The Balaban J connectivity index is 1.32. The van der Waals surface area contributed by atoms with Crippen LogP contribution in [0.5, 0.6) is 0 Å². The molecule has 0 radical (unpaired) electrons. The zero-order valence-electron chi connectivity index (χ0n) is 14.5. The largest absolute Gasteiger partial charge is 0.369 e. The van der Waals surface area contributed by atoms with Crippen molar-refractivity contribution in [3.63, 3.8) is 0 Å². The Bertz CT molecular complexity index is 1030. The summed E-state index contributed by atoms with van der Waals surface area (Å²) in [5, 5.41) is 10.4.